The number of likely N-dealkylation sites (tertiary alicyclic amines) is 1. The van der Waals surface area contributed by atoms with Crippen LogP contribution in [0, 0.1) is 0 Å². The molecule has 0 aliphatic carbocycles. The second-order valence-electron chi connectivity index (χ2n) is 7.85. The first-order chi connectivity index (χ1) is 13.3. The van der Waals surface area contributed by atoms with Gasteiger partial charge in [0.05, 0.1) is 6.04 Å². The molecule has 0 saturated carbocycles. The van der Waals surface area contributed by atoms with Gasteiger partial charge in [-0.05, 0) is 52.2 Å². The van der Waals surface area contributed by atoms with Crippen molar-refractivity contribution < 1.29 is 18.8 Å². The van der Waals surface area contributed by atoms with E-state index in [0.29, 0.717) is 18.8 Å². The van der Waals surface area contributed by atoms with Crippen molar-refractivity contribution in [3.63, 3.8) is 0 Å². The van der Waals surface area contributed by atoms with Crippen LogP contribution < -0.4 is 5.32 Å². The van der Waals surface area contributed by atoms with Crippen LogP contribution in [-0.2, 0) is 4.74 Å². The quantitative estimate of drug-likeness (QED) is 0.866. The van der Waals surface area contributed by atoms with Crippen molar-refractivity contribution in [2.45, 2.75) is 51.7 Å². The van der Waals surface area contributed by atoms with Crippen LogP contribution in [0.2, 0.25) is 0 Å². The molecule has 3 heterocycles. The topological polar surface area (TPSA) is 97.6 Å². The molecule has 0 aromatic carbocycles. The fraction of sp³-hybridized carbons (Fsp3) is 0.500. The summed E-state index contributed by atoms with van der Waals surface area (Å²) in [5.74, 6) is 0.139. The average Bonchev–Trinajstić information content (AvgIpc) is 3.16. The minimum Gasteiger partial charge on any atom is -0.444 e. The third kappa shape index (κ3) is 5.09. The van der Waals surface area contributed by atoms with Crippen LogP contribution in [0.1, 0.15) is 50.5 Å². The first-order valence-corrected chi connectivity index (χ1v) is 9.48. The van der Waals surface area contributed by atoms with Crippen LogP contribution in [0.5, 0.6) is 0 Å². The molecular formula is C20H26N4O4. The monoisotopic (exact) mass is 386 g/mol. The minimum absolute atomic E-state index is 0.0998. The molecule has 8 nitrogen and oxygen atoms in total. The first-order valence-electron chi connectivity index (χ1n) is 9.48. The number of carbonyl (C=O) groups excluding carboxylic acids is 2. The second-order valence-corrected chi connectivity index (χ2v) is 7.85. The molecule has 1 N–H and O–H groups in total. The lowest BCUT2D eigenvalue weighted by Gasteiger charge is -2.36. The first kappa shape index (κ1) is 19.9. The highest BCUT2D eigenvalue weighted by Crippen LogP contribution is 2.21. The smallest absolute Gasteiger partial charge is 0.410 e. The van der Waals surface area contributed by atoms with E-state index in [1.54, 1.807) is 29.4 Å². The number of pyridine rings is 1. The summed E-state index contributed by atoms with van der Waals surface area (Å²) in [6.07, 6.45) is 5.72. The number of hydrogen-bond acceptors (Lipinski definition) is 6. The lowest BCUT2D eigenvalue weighted by molar-refractivity contribution is 0.00985. The van der Waals surface area contributed by atoms with E-state index in [9.17, 15) is 9.59 Å². The van der Waals surface area contributed by atoms with Crippen LogP contribution in [-0.4, -0.2) is 51.8 Å². The Balaban J connectivity index is 1.60. The van der Waals surface area contributed by atoms with Gasteiger partial charge in [-0.15, -0.1) is 0 Å². The lowest BCUT2D eigenvalue weighted by atomic mass is 10.0. The lowest BCUT2D eigenvalue weighted by Crippen LogP contribution is -2.50. The summed E-state index contributed by atoms with van der Waals surface area (Å²) < 4.78 is 10.7. The molecule has 1 saturated heterocycles. The molecule has 0 bridgehead atoms. The molecule has 1 aliphatic rings. The summed E-state index contributed by atoms with van der Waals surface area (Å²) in [5, 5.41) is 6.69. The van der Waals surface area contributed by atoms with Crippen LogP contribution in [0.15, 0.2) is 35.1 Å². The summed E-state index contributed by atoms with van der Waals surface area (Å²) in [6.45, 7) is 6.50. The Morgan fingerprint density at radius 1 is 1.36 bits per heavy atom. The fourth-order valence-electron chi connectivity index (χ4n) is 3.10. The van der Waals surface area contributed by atoms with Crippen LogP contribution in [0.25, 0.3) is 11.3 Å². The molecule has 1 atom stereocenters. The van der Waals surface area contributed by atoms with Gasteiger partial charge in [0.2, 0.25) is 0 Å². The van der Waals surface area contributed by atoms with E-state index in [-0.39, 0.29) is 23.7 Å². The number of aromatic nitrogens is 2. The molecule has 1 unspecified atom stereocenters. The standard InChI is InChI=1S/C20H26N4O4/c1-20(2,3)27-19(26)24-10-5-4-8-15(24)13-22-18(25)16-11-17(28-23-16)14-7-6-9-21-12-14/h6-7,9,11-12,15H,4-5,8,10,13H2,1-3H3,(H,22,25). The zero-order valence-corrected chi connectivity index (χ0v) is 16.5. The Morgan fingerprint density at radius 2 is 2.18 bits per heavy atom. The molecule has 28 heavy (non-hydrogen) atoms. The highest BCUT2D eigenvalue weighted by molar-refractivity contribution is 5.93. The maximum atomic E-state index is 12.5. The molecule has 0 radical (unpaired) electrons. The van der Waals surface area contributed by atoms with Gasteiger partial charge in [0, 0.05) is 37.1 Å². The highest BCUT2D eigenvalue weighted by atomic mass is 16.6. The number of rotatable bonds is 4. The van der Waals surface area contributed by atoms with Crippen molar-refractivity contribution in [3.8, 4) is 11.3 Å². The molecule has 150 valence electrons. The number of nitrogens with one attached hydrogen (secondary N) is 1. The average molecular weight is 386 g/mol. The zero-order chi connectivity index (χ0) is 20.1. The molecule has 1 fully saturated rings. The molecule has 8 heteroatoms. The van der Waals surface area contributed by atoms with Gasteiger partial charge < -0.3 is 19.5 Å². The Kier molecular flexibility index (Phi) is 5.96. The maximum absolute atomic E-state index is 12.5. The fourth-order valence-corrected chi connectivity index (χ4v) is 3.10. The molecule has 2 amide bonds. The molecule has 2 aromatic rings. The van der Waals surface area contributed by atoms with Crippen LogP contribution >= 0.6 is 0 Å². The number of ether oxygens (including phenoxy) is 1. The second kappa shape index (κ2) is 8.41. The largest absolute Gasteiger partial charge is 0.444 e. The number of piperidine rings is 1. The van der Waals surface area contributed by atoms with Gasteiger partial charge in [-0.25, -0.2) is 4.79 Å². The maximum Gasteiger partial charge on any atom is 0.410 e. The Hall–Kier alpha value is -2.90. The van der Waals surface area contributed by atoms with Crippen molar-refractivity contribution in [1.29, 1.82) is 0 Å². The summed E-state index contributed by atoms with van der Waals surface area (Å²) in [5.41, 5.74) is 0.391. The number of amides is 2. The van der Waals surface area contributed by atoms with Crippen molar-refractivity contribution in [3.05, 3.63) is 36.3 Å². The SMILES string of the molecule is CC(C)(C)OC(=O)N1CCCCC1CNC(=O)c1cc(-c2cccnc2)on1. The van der Waals surface area contributed by atoms with E-state index in [2.05, 4.69) is 15.5 Å². The summed E-state index contributed by atoms with van der Waals surface area (Å²) >= 11 is 0. The van der Waals surface area contributed by atoms with Crippen LogP contribution in [0.3, 0.4) is 0 Å². The van der Waals surface area contributed by atoms with Gasteiger partial charge in [0.1, 0.15) is 5.60 Å². The number of hydrogen-bond donors (Lipinski definition) is 1. The third-order valence-corrected chi connectivity index (χ3v) is 4.44. The van der Waals surface area contributed by atoms with Crippen molar-refractivity contribution in [1.82, 2.24) is 20.4 Å². The van der Waals surface area contributed by atoms with Gasteiger partial charge in [0.15, 0.2) is 11.5 Å². The van der Waals surface area contributed by atoms with E-state index >= 15 is 0 Å². The van der Waals surface area contributed by atoms with Gasteiger partial charge in [-0.2, -0.15) is 0 Å². The van der Waals surface area contributed by atoms with Gasteiger partial charge >= 0.3 is 6.09 Å². The van der Waals surface area contributed by atoms with Gasteiger partial charge in [-0.1, -0.05) is 5.16 Å². The molecule has 2 aromatic heterocycles. The third-order valence-electron chi connectivity index (χ3n) is 4.44. The minimum atomic E-state index is -0.550. The Bertz CT molecular complexity index is 813. The Morgan fingerprint density at radius 3 is 2.89 bits per heavy atom. The van der Waals surface area contributed by atoms with E-state index < -0.39 is 5.60 Å². The zero-order valence-electron chi connectivity index (χ0n) is 16.5. The van der Waals surface area contributed by atoms with E-state index in [1.165, 1.54) is 0 Å². The summed E-state index contributed by atoms with van der Waals surface area (Å²) in [6, 6.07) is 5.10. The predicted molar refractivity (Wildman–Crippen MR) is 103 cm³/mol. The molecule has 0 spiro atoms. The van der Waals surface area contributed by atoms with Crippen molar-refractivity contribution in [2.75, 3.05) is 13.1 Å². The molecular weight excluding hydrogens is 360 g/mol. The van der Waals surface area contributed by atoms with Crippen molar-refractivity contribution >= 4 is 12.0 Å². The van der Waals surface area contributed by atoms with Crippen molar-refractivity contribution in [2.24, 2.45) is 0 Å². The number of nitrogens with zero attached hydrogens (tertiary/aromatic N) is 3. The molecule has 1 aliphatic heterocycles. The summed E-state index contributed by atoms with van der Waals surface area (Å²) in [4.78, 5) is 30.6. The Labute approximate surface area is 164 Å². The highest BCUT2D eigenvalue weighted by Gasteiger charge is 2.30. The van der Waals surface area contributed by atoms with Gasteiger partial charge in [-0.3, -0.25) is 9.78 Å². The van der Waals surface area contributed by atoms with E-state index in [0.717, 1.165) is 24.8 Å². The molecule has 3 rings (SSSR count). The van der Waals surface area contributed by atoms with Gasteiger partial charge in [0.25, 0.3) is 5.91 Å². The normalized spacial score (nSPS) is 17.2. The predicted octanol–water partition coefficient (Wildman–Crippen LogP) is 3.26. The van der Waals surface area contributed by atoms with E-state index in [1.807, 2.05) is 26.8 Å². The van der Waals surface area contributed by atoms with E-state index in [4.69, 9.17) is 9.26 Å². The number of carbonyl (C=O) groups is 2. The summed E-state index contributed by atoms with van der Waals surface area (Å²) in [7, 11) is 0. The van der Waals surface area contributed by atoms with Crippen LogP contribution in [0.4, 0.5) is 4.79 Å².